The third-order valence-corrected chi connectivity index (χ3v) is 2.97. The summed E-state index contributed by atoms with van der Waals surface area (Å²) < 4.78 is 0. The van der Waals surface area contributed by atoms with Crippen molar-refractivity contribution in [3.05, 3.63) is 23.8 Å². The van der Waals surface area contributed by atoms with Crippen LogP contribution in [-0.2, 0) is 5.75 Å². The molecule has 0 bridgehead atoms. The average molecular weight is 226 g/mol. The van der Waals surface area contributed by atoms with E-state index in [0.29, 0.717) is 17.5 Å². The van der Waals surface area contributed by atoms with E-state index in [0.717, 1.165) is 5.75 Å². The molecule has 5 heteroatoms. The molecule has 1 heterocycles. The normalized spacial score (nSPS) is 10.6. The number of nitrogens with zero attached hydrogens (tertiary/aromatic N) is 2. The smallest absolute Gasteiger partial charge is 0.354 e. The van der Waals surface area contributed by atoms with Gasteiger partial charge >= 0.3 is 5.97 Å². The Kier molecular flexibility index (Phi) is 4.55. The maximum Gasteiger partial charge on any atom is 0.354 e. The first-order chi connectivity index (χ1) is 7.09. The molecule has 0 aliphatic rings. The van der Waals surface area contributed by atoms with Crippen molar-refractivity contribution in [2.24, 2.45) is 5.92 Å². The van der Waals surface area contributed by atoms with Crippen LogP contribution in [-0.4, -0.2) is 26.8 Å². The minimum absolute atomic E-state index is 0.0603. The Balaban J connectivity index is 2.54. The number of carboxylic acid groups (broad SMARTS) is 1. The molecule has 0 aliphatic heterocycles. The van der Waals surface area contributed by atoms with Gasteiger partial charge in [0.2, 0.25) is 0 Å². The van der Waals surface area contributed by atoms with E-state index < -0.39 is 5.97 Å². The van der Waals surface area contributed by atoms with Crippen LogP contribution in [0.1, 0.15) is 30.2 Å². The van der Waals surface area contributed by atoms with Crippen molar-refractivity contribution in [3.8, 4) is 0 Å². The summed E-state index contributed by atoms with van der Waals surface area (Å²) in [5.41, 5.74) is 0.0603. The fraction of sp³-hybridized carbons (Fsp3) is 0.500. The molecule has 1 N–H and O–H groups in total. The first kappa shape index (κ1) is 12.0. The highest BCUT2D eigenvalue weighted by Crippen LogP contribution is 2.12. The van der Waals surface area contributed by atoms with Gasteiger partial charge in [-0.1, -0.05) is 13.8 Å². The van der Waals surface area contributed by atoms with Crippen molar-refractivity contribution in [3.63, 3.8) is 0 Å². The molecule has 0 spiro atoms. The van der Waals surface area contributed by atoms with Gasteiger partial charge in [0.15, 0.2) is 5.69 Å². The maximum absolute atomic E-state index is 10.6. The first-order valence-electron chi connectivity index (χ1n) is 4.72. The molecule has 0 unspecified atom stereocenters. The molecule has 0 atom stereocenters. The Labute approximate surface area is 93.1 Å². The van der Waals surface area contributed by atoms with Crippen molar-refractivity contribution in [2.75, 3.05) is 5.75 Å². The molecule has 0 amide bonds. The standard InChI is InChI=1S/C10H14N2O2S/c1-7(2)5-15-6-9-11-4-3-8(12-9)10(13)14/h3-4,7H,5-6H2,1-2H3,(H,13,14). The third kappa shape index (κ3) is 4.29. The monoisotopic (exact) mass is 226 g/mol. The lowest BCUT2D eigenvalue weighted by molar-refractivity contribution is 0.0690. The van der Waals surface area contributed by atoms with Crippen LogP contribution in [0.2, 0.25) is 0 Å². The highest BCUT2D eigenvalue weighted by Gasteiger charge is 2.06. The van der Waals surface area contributed by atoms with Crippen LogP contribution in [0.4, 0.5) is 0 Å². The summed E-state index contributed by atoms with van der Waals surface area (Å²) in [5, 5.41) is 8.73. The van der Waals surface area contributed by atoms with Crippen LogP contribution in [0.25, 0.3) is 0 Å². The molecule has 1 rings (SSSR count). The molecule has 15 heavy (non-hydrogen) atoms. The third-order valence-electron chi connectivity index (χ3n) is 1.61. The zero-order chi connectivity index (χ0) is 11.3. The van der Waals surface area contributed by atoms with Crippen LogP contribution < -0.4 is 0 Å². The molecular weight excluding hydrogens is 212 g/mol. The first-order valence-corrected chi connectivity index (χ1v) is 5.88. The van der Waals surface area contributed by atoms with E-state index in [2.05, 4.69) is 23.8 Å². The average Bonchev–Trinajstić information content (AvgIpc) is 2.17. The number of carbonyl (C=O) groups is 1. The Hall–Kier alpha value is -1.10. The molecule has 0 fully saturated rings. The van der Waals surface area contributed by atoms with Gasteiger partial charge in [0.05, 0.1) is 5.75 Å². The van der Waals surface area contributed by atoms with Crippen LogP contribution in [0.15, 0.2) is 12.3 Å². The minimum Gasteiger partial charge on any atom is -0.477 e. The predicted octanol–water partition coefficient (Wildman–Crippen LogP) is 2.06. The van der Waals surface area contributed by atoms with E-state index >= 15 is 0 Å². The second-order valence-electron chi connectivity index (χ2n) is 3.57. The molecule has 0 aromatic carbocycles. The SMILES string of the molecule is CC(C)CSCc1nccc(C(=O)O)n1. The number of carboxylic acids is 1. The molecule has 1 aromatic rings. The van der Waals surface area contributed by atoms with Crippen molar-refractivity contribution in [2.45, 2.75) is 19.6 Å². The summed E-state index contributed by atoms with van der Waals surface area (Å²) >= 11 is 1.72. The van der Waals surface area contributed by atoms with Crippen LogP contribution in [0.5, 0.6) is 0 Å². The van der Waals surface area contributed by atoms with Gasteiger partial charge in [-0.15, -0.1) is 0 Å². The number of thioether (sulfide) groups is 1. The maximum atomic E-state index is 10.6. The van der Waals surface area contributed by atoms with Gasteiger partial charge in [-0.2, -0.15) is 11.8 Å². The van der Waals surface area contributed by atoms with Gasteiger partial charge in [0.25, 0.3) is 0 Å². The predicted molar refractivity (Wildman–Crippen MR) is 60.0 cm³/mol. The van der Waals surface area contributed by atoms with E-state index in [1.54, 1.807) is 11.8 Å². The highest BCUT2D eigenvalue weighted by atomic mass is 32.2. The minimum atomic E-state index is -1.01. The lowest BCUT2D eigenvalue weighted by atomic mass is 10.3. The van der Waals surface area contributed by atoms with Crippen molar-refractivity contribution in [1.29, 1.82) is 0 Å². The number of hydrogen-bond acceptors (Lipinski definition) is 4. The largest absolute Gasteiger partial charge is 0.477 e. The fourth-order valence-electron chi connectivity index (χ4n) is 0.974. The molecule has 4 nitrogen and oxygen atoms in total. The highest BCUT2D eigenvalue weighted by molar-refractivity contribution is 7.98. The molecule has 0 saturated carbocycles. The van der Waals surface area contributed by atoms with Gasteiger partial charge in [-0.05, 0) is 17.7 Å². The van der Waals surface area contributed by atoms with E-state index in [9.17, 15) is 4.79 Å². The van der Waals surface area contributed by atoms with Crippen LogP contribution >= 0.6 is 11.8 Å². The second kappa shape index (κ2) is 5.70. The van der Waals surface area contributed by atoms with E-state index in [1.165, 1.54) is 12.3 Å². The Bertz CT molecular complexity index is 342. The summed E-state index contributed by atoms with van der Waals surface area (Å²) in [7, 11) is 0. The van der Waals surface area contributed by atoms with Gasteiger partial charge in [-0.3, -0.25) is 0 Å². The lowest BCUT2D eigenvalue weighted by Crippen LogP contribution is -2.04. The lowest BCUT2D eigenvalue weighted by Gasteiger charge is -2.03. The fourth-order valence-corrected chi connectivity index (χ4v) is 1.88. The molecule has 0 radical (unpaired) electrons. The summed E-state index contributed by atoms with van der Waals surface area (Å²) in [6.45, 7) is 4.28. The number of rotatable bonds is 5. The van der Waals surface area contributed by atoms with Gasteiger partial charge in [-0.25, -0.2) is 14.8 Å². The molecule has 0 aliphatic carbocycles. The topological polar surface area (TPSA) is 63.1 Å². The number of aromatic nitrogens is 2. The summed E-state index contributed by atoms with van der Waals surface area (Å²) in [4.78, 5) is 18.6. The Morgan fingerprint density at radius 1 is 1.60 bits per heavy atom. The van der Waals surface area contributed by atoms with Gasteiger partial charge < -0.3 is 5.11 Å². The quantitative estimate of drug-likeness (QED) is 0.832. The van der Waals surface area contributed by atoms with Gasteiger partial charge in [0, 0.05) is 6.20 Å². The molecular formula is C10H14N2O2S. The van der Waals surface area contributed by atoms with Gasteiger partial charge in [0.1, 0.15) is 5.82 Å². The zero-order valence-electron chi connectivity index (χ0n) is 8.80. The summed E-state index contributed by atoms with van der Waals surface area (Å²) in [5.74, 6) is 1.89. The molecule has 1 aromatic heterocycles. The Morgan fingerprint density at radius 3 is 2.93 bits per heavy atom. The zero-order valence-corrected chi connectivity index (χ0v) is 9.62. The summed E-state index contributed by atoms with van der Waals surface area (Å²) in [6.07, 6.45) is 1.49. The summed E-state index contributed by atoms with van der Waals surface area (Å²) in [6, 6.07) is 1.40. The van der Waals surface area contributed by atoms with E-state index in [4.69, 9.17) is 5.11 Å². The second-order valence-corrected chi connectivity index (χ2v) is 4.60. The van der Waals surface area contributed by atoms with Crippen LogP contribution in [0, 0.1) is 5.92 Å². The number of aromatic carboxylic acids is 1. The van der Waals surface area contributed by atoms with Crippen molar-refractivity contribution < 1.29 is 9.90 Å². The molecule has 82 valence electrons. The molecule has 0 saturated heterocycles. The Morgan fingerprint density at radius 2 is 2.33 bits per heavy atom. The van der Waals surface area contributed by atoms with Crippen LogP contribution in [0.3, 0.4) is 0 Å². The number of hydrogen-bond donors (Lipinski definition) is 1. The van der Waals surface area contributed by atoms with Crippen molar-refractivity contribution >= 4 is 17.7 Å². The van der Waals surface area contributed by atoms with E-state index in [-0.39, 0.29) is 5.69 Å². The van der Waals surface area contributed by atoms with E-state index in [1.807, 2.05) is 0 Å². The van der Waals surface area contributed by atoms with Crippen molar-refractivity contribution in [1.82, 2.24) is 9.97 Å².